The number of aliphatic carboxylic acids is 3. The fraction of sp³-hybridized carbons (Fsp3) is 0.947. The molecule has 0 heterocycles. The summed E-state index contributed by atoms with van der Waals surface area (Å²) in [7, 11) is 17.4. The highest BCUT2D eigenvalue weighted by Gasteiger charge is 2.40. The number of rotatable bonds is 63. The zero-order chi connectivity index (χ0) is 66.9. The monoisotopic (exact) mass is 1250 g/mol. The predicted octanol–water partition coefficient (Wildman–Crippen LogP) is 14.8. The van der Waals surface area contributed by atoms with Crippen LogP contribution in [0.5, 0.6) is 0 Å². The molecule has 0 saturated carbocycles. The molecule has 0 saturated heterocycles. The van der Waals surface area contributed by atoms with E-state index in [4.69, 9.17) is 0 Å². The SMILES string of the molecule is CCCCCCCCCCCCCCCCCC(=O)C(O)(CC(=O)[O-])C[N+](C)(C)C.CCCCCCCCCCCCCCCCCCC(O)(CC(=O)[O-])C[N+](C)(C)C.CCCCCCCCCCCCCCCCCCC(O)(CC(=O)[O-])C[N+](C)(C)C. The topological polar surface area (TPSA) is 198 Å². The summed E-state index contributed by atoms with van der Waals surface area (Å²) in [5, 5.41) is 65.0. The van der Waals surface area contributed by atoms with Crippen molar-refractivity contribution in [1.82, 2.24) is 0 Å². The lowest BCUT2D eigenvalue weighted by atomic mass is 9.89. The van der Waals surface area contributed by atoms with Crippen LogP contribution in [0.3, 0.4) is 0 Å². The smallest absolute Gasteiger partial charge is 0.177 e. The molecule has 0 aliphatic rings. The molecule has 0 fully saturated rings. The van der Waals surface area contributed by atoms with E-state index >= 15 is 0 Å². The average Bonchev–Trinajstić information content (AvgIpc) is 3.40. The average molecular weight is 1260 g/mol. The van der Waals surface area contributed by atoms with Gasteiger partial charge >= 0.3 is 0 Å². The number of likely N-dealkylation sites (N-methyl/N-ethyl adjacent to an activating group) is 3. The molecule has 526 valence electrons. The van der Waals surface area contributed by atoms with Gasteiger partial charge in [-0.2, -0.15) is 0 Å². The van der Waals surface area contributed by atoms with Gasteiger partial charge in [-0.3, -0.25) is 4.79 Å². The van der Waals surface area contributed by atoms with Gasteiger partial charge in [0.2, 0.25) is 0 Å². The number of unbranched alkanes of at least 4 members (excludes halogenated alkanes) is 44. The van der Waals surface area contributed by atoms with E-state index in [-0.39, 0.29) is 31.6 Å². The molecular formula is C75H151N3O10. The van der Waals surface area contributed by atoms with Gasteiger partial charge in [0.15, 0.2) is 11.4 Å². The number of nitrogens with zero attached hydrogens (tertiary/aromatic N) is 3. The van der Waals surface area contributed by atoms with Gasteiger partial charge in [-0.25, -0.2) is 0 Å². The van der Waals surface area contributed by atoms with Crippen molar-refractivity contribution >= 4 is 23.7 Å². The van der Waals surface area contributed by atoms with Crippen molar-refractivity contribution in [3.63, 3.8) is 0 Å². The molecule has 13 nitrogen and oxygen atoms in total. The van der Waals surface area contributed by atoms with Crippen LogP contribution in [-0.2, 0) is 19.2 Å². The molecule has 3 atom stereocenters. The second-order valence-corrected chi connectivity index (χ2v) is 30.7. The van der Waals surface area contributed by atoms with Crippen molar-refractivity contribution in [3.8, 4) is 0 Å². The Labute approximate surface area is 545 Å². The first-order valence-electron chi connectivity index (χ1n) is 37.2. The van der Waals surface area contributed by atoms with Gasteiger partial charge in [-0.05, 0) is 19.3 Å². The molecule has 88 heavy (non-hydrogen) atoms. The summed E-state index contributed by atoms with van der Waals surface area (Å²) in [5.74, 6) is -4.06. The lowest BCUT2D eigenvalue weighted by Gasteiger charge is -2.36. The van der Waals surface area contributed by atoms with Crippen LogP contribution in [-0.4, -0.2) is 152 Å². The third-order valence-electron chi connectivity index (χ3n) is 17.2. The summed E-state index contributed by atoms with van der Waals surface area (Å²) in [6.45, 7) is 7.77. The highest BCUT2D eigenvalue weighted by molar-refractivity contribution is 5.90. The van der Waals surface area contributed by atoms with E-state index in [9.17, 15) is 49.8 Å². The number of carbonyl (C=O) groups excluding carboxylic acids is 4. The van der Waals surface area contributed by atoms with Crippen LogP contribution in [0, 0.1) is 0 Å². The molecule has 3 unspecified atom stereocenters. The summed E-state index contributed by atoms with van der Waals surface area (Å²) in [6.07, 6.45) is 61.1. The molecule has 0 aromatic rings. The molecule has 0 spiro atoms. The van der Waals surface area contributed by atoms with Crippen LogP contribution >= 0.6 is 0 Å². The predicted molar refractivity (Wildman–Crippen MR) is 365 cm³/mol. The van der Waals surface area contributed by atoms with Gasteiger partial charge in [-0.15, -0.1) is 0 Å². The highest BCUT2D eigenvalue weighted by Crippen LogP contribution is 2.26. The van der Waals surface area contributed by atoms with Crippen LogP contribution in [0.4, 0.5) is 0 Å². The Kier molecular flexibility index (Phi) is 58.8. The number of carboxylic acids is 3. The van der Waals surface area contributed by atoms with Gasteiger partial charge < -0.3 is 58.5 Å². The summed E-state index contributed by atoms with van der Waals surface area (Å²) >= 11 is 0. The van der Waals surface area contributed by atoms with Gasteiger partial charge in [0.25, 0.3) is 0 Å². The van der Waals surface area contributed by atoms with Crippen molar-refractivity contribution in [2.45, 2.75) is 378 Å². The van der Waals surface area contributed by atoms with Crippen LogP contribution in [0.15, 0.2) is 0 Å². The van der Waals surface area contributed by atoms with Crippen molar-refractivity contribution in [2.24, 2.45) is 0 Å². The molecule has 0 aromatic carbocycles. The lowest BCUT2D eigenvalue weighted by molar-refractivity contribution is -0.877. The third kappa shape index (κ3) is 68.2. The van der Waals surface area contributed by atoms with E-state index < -0.39 is 41.1 Å². The number of hydrogen-bond donors (Lipinski definition) is 3. The van der Waals surface area contributed by atoms with Crippen molar-refractivity contribution in [1.29, 1.82) is 0 Å². The number of hydrogen-bond acceptors (Lipinski definition) is 10. The van der Waals surface area contributed by atoms with Crippen molar-refractivity contribution in [2.75, 3.05) is 83.1 Å². The Balaban J connectivity index is -0.00000123. The normalized spacial score (nSPS) is 14.0. The first-order valence-corrected chi connectivity index (χ1v) is 37.2. The lowest BCUT2D eigenvalue weighted by Crippen LogP contribution is -2.56. The number of aliphatic hydroxyl groups is 3. The standard InChI is InChI=1S/C25H49NO4.2C25H51NO3/c1-5-6-7-8-9-10-11-12-13-14-15-16-17-18-19-20-23(27)25(30,21-24(28)29)22-26(2,3)4;2*1-5-6-7-8-9-10-11-12-13-14-15-16-17-18-19-20-21-25(29,22-24(27)28)23-26(2,3)4/h30H,5-22H2,1-4H3;2*29H,5-23H2,1-4H3. The number of ketones is 1. The first-order chi connectivity index (χ1) is 41.5. The van der Waals surface area contributed by atoms with Crippen LogP contribution < -0.4 is 15.3 Å². The first kappa shape index (κ1) is 90.0. The summed E-state index contributed by atoms with van der Waals surface area (Å²) < 4.78 is 1.44. The third-order valence-corrected chi connectivity index (χ3v) is 17.2. The van der Waals surface area contributed by atoms with E-state index in [0.29, 0.717) is 45.8 Å². The molecule has 0 aliphatic heterocycles. The Hall–Kier alpha value is -2.16. The maximum atomic E-state index is 12.5. The number of quaternary nitrogens is 3. The van der Waals surface area contributed by atoms with Gasteiger partial charge in [0.05, 0.1) is 63.4 Å². The van der Waals surface area contributed by atoms with Crippen molar-refractivity contribution < 1.29 is 63.3 Å². The molecule has 3 N–H and O–H groups in total. The molecular weight excluding hydrogens is 1100 g/mol. The fourth-order valence-electron chi connectivity index (χ4n) is 12.9. The maximum absolute atomic E-state index is 12.5. The minimum atomic E-state index is -1.83. The van der Waals surface area contributed by atoms with Crippen LogP contribution in [0.25, 0.3) is 0 Å². The van der Waals surface area contributed by atoms with E-state index in [2.05, 4.69) is 20.8 Å². The molecule has 0 aromatic heterocycles. The highest BCUT2D eigenvalue weighted by atomic mass is 16.4. The zero-order valence-corrected chi connectivity index (χ0v) is 60.6. The van der Waals surface area contributed by atoms with E-state index in [1.54, 1.807) is 0 Å². The van der Waals surface area contributed by atoms with Gasteiger partial charge in [0, 0.05) is 43.6 Å². The largest absolute Gasteiger partial charge is 0.550 e. The molecule has 0 rings (SSSR count). The second-order valence-electron chi connectivity index (χ2n) is 30.7. The second kappa shape index (κ2) is 57.5. The zero-order valence-electron chi connectivity index (χ0n) is 60.6. The Morgan fingerprint density at radius 1 is 0.273 bits per heavy atom. The Bertz CT molecular complexity index is 1540. The summed E-state index contributed by atoms with van der Waals surface area (Å²) in [6, 6.07) is 0. The van der Waals surface area contributed by atoms with Gasteiger partial charge in [-0.1, -0.05) is 316 Å². The molecule has 13 heteroatoms. The fourth-order valence-corrected chi connectivity index (χ4v) is 12.9. The van der Waals surface area contributed by atoms with E-state index in [0.717, 1.165) is 38.5 Å². The number of carboxylic acid groups (broad SMARTS) is 3. The molecule has 0 amide bonds. The van der Waals surface area contributed by atoms with Crippen LogP contribution in [0.2, 0.25) is 0 Å². The Morgan fingerprint density at radius 3 is 0.636 bits per heavy atom. The molecule has 0 radical (unpaired) electrons. The minimum Gasteiger partial charge on any atom is -0.550 e. The van der Waals surface area contributed by atoms with Crippen molar-refractivity contribution in [3.05, 3.63) is 0 Å². The number of carbonyl (C=O) groups is 4. The quantitative estimate of drug-likeness (QED) is 0.0389. The minimum absolute atomic E-state index is 0.0819. The van der Waals surface area contributed by atoms with E-state index in [1.165, 1.54) is 257 Å². The Morgan fingerprint density at radius 2 is 0.455 bits per heavy atom. The van der Waals surface area contributed by atoms with E-state index in [1.807, 2.05) is 63.4 Å². The summed E-state index contributed by atoms with van der Waals surface area (Å²) in [4.78, 5) is 45.4. The maximum Gasteiger partial charge on any atom is 0.177 e. The molecule has 0 aliphatic carbocycles. The number of Topliss-reactive ketones (excluding diaryl/α,β-unsaturated/α-hetero) is 1. The van der Waals surface area contributed by atoms with Crippen LogP contribution in [0.1, 0.15) is 361 Å². The summed E-state index contributed by atoms with van der Waals surface area (Å²) in [5.41, 5.74) is -4.12. The van der Waals surface area contributed by atoms with Gasteiger partial charge in [0.1, 0.15) is 30.8 Å². The molecule has 0 bridgehead atoms.